The van der Waals surface area contributed by atoms with Gasteiger partial charge in [0.15, 0.2) is 0 Å². The quantitative estimate of drug-likeness (QED) is 0.703. The molecule has 1 N–H and O–H groups in total. The van der Waals surface area contributed by atoms with E-state index >= 15 is 0 Å². The number of rotatable bonds is 3. The number of nitrogens with one attached hydrogen (secondary N) is 1. The van der Waals surface area contributed by atoms with E-state index < -0.39 is 0 Å². The van der Waals surface area contributed by atoms with Gasteiger partial charge in [-0.05, 0) is 54.5 Å². The topological polar surface area (TPSA) is 28.2 Å². The van der Waals surface area contributed by atoms with Gasteiger partial charge in [0.05, 0.1) is 0 Å². The maximum Gasteiger partial charge on any atom is 0.136 e. The Morgan fingerprint density at radius 3 is 2.50 bits per heavy atom. The van der Waals surface area contributed by atoms with E-state index in [1.807, 2.05) is 6.20 Å². The van der Waals surface area contributed by atoms with Crippen molar-refractivity contribution in [3.8, 4) is 0 Å². The number of hydrogen-bond acceptors (Lipinski definition) is 3. The van der Waals surface area contributed by atoms with Crippen LogP contribution in [0.1, 0.15) is 37.2 Å². The summed E-state index contributed by atoms with van der Waals surface area (Å²) < 4.78 is 0. The molecule has 3 nitrogen and oxygen atoms in total. The van der Waals surface area contributed by atoms with E-state index in [2.05, 4.69) is 70.9 Å². The molecule has 0 bridgehead atoms. The Kier molecular flexibility index (Phi) is 5.01. The number of anilines is 1. The van der Waals surface area contributed by atoms with Crippen LogP contribution >= 0.6 is 0 Å². The van der Waals surface area contributed by atoms with Crippen molar-refractivity contribution >= 4 is 16.6 Å². The van der Waals surface area contributed by atoms with E-state index in [4.69, 9.17) is 4.98 Å². The lowest BCUT2D eigenvalue weighted by molar-refractivity contribution is 0.255. The summed E-state index contributed by atoms with van der Waals surface area (Å²) in [4.78, 5) is 7.44. The Hall–Kier alpha value is -2.39. The molecule has 1 saturated carbocycles. The molecule has 3 heteroatoms. The summed E-state index contributed by atoms with van der Waals surface area (Å²) in [5, 5.41) is 6.23. The van der Waals surface area contributed by atoms with Crippen LogP contribution in [0.5, 0.6) is 0 Å². The largest absolute Gasteiger partial charge is 0.350 e. The molecule has 3 aromatic rings. The van der Waals surface area contributed by atoms with Crippen LogP contribution in [0.4, 0.5) is 5.82 Å². The first-order valence-electron chi connectivity index (χ1n) is 10.8. The van der Waals surface area contributed by atoms with Gasteiger partial charge in [0.1, 0.15) is 5.82 Å². The smallest absolute Gasteiger partial charge is 0.136 e. The van der Waals surface area contributed by atoms with Crippen molar-refractivity contribution < 1.29 is 0 Å². The first-order chi connectivity index (χ1) is 13.9. The highest BCUT2D eigenvalue weighted by Gasteiger charge is 2.34. The second kappa shape index (κ2) is 7.92. The predicted molar refractivity (Wildman–Crippen MR) is 117 cm³/mol. The lowest BCUT2D eigenvalue weighted by Crippen LogP contribution is -2.55. The summed E-state index contributed by atoms with van der Waals surface area (Å²) in [7, 11) is 0. The van der Waals surface area contributed by atoms with E-state index in [-0.39, 0.29) is 0 Å². The lowest BCUT2D eigenvalue weighted by Gasteiger charge is -2.44. The molecule has 1 saturated heterocycles. The van der Waals surface area contributed by atoms with Crippen LogP contribution in [0.15, 0.2) is 66.9 Å². The Morgan fingerprint density at radius 1 is 0.857 bits per heavy atom. The molecule has 28 heavy (non-hydrogen) atoms. The summed E-state index contributed by atoms with van der Waals surface area (Å²) >= 11 is 0. The first-order valence-corrected chi connectivity index (χ1v) is 10.8. The third kappa shape index (κ3) is 3.40. The van der Waals surface area contributed by atoms with Gasteiger partial charge in [-0.25, -0.2) is 4.98 Å². The molecule has 1 atom stereocenters. The summed E-state index contributed by atoms with van der Waals surface area (Å²) in [6.07, 6.45) is 7.22. The molecular weight excluding hydrogens is 342 g/mol. The zero-order valence-electron chi connectivity index (χ0n) is 16.4. The van der Waals surface area contributed by atoms with Crippen molar-refractivity contribution in [2.24, 2.45) is 5.92 Å². The van der Waals surface area contributed by atoms with E-state index in [0.717, 1.165) is 31.5 Å². The van der Waals surface area contributed by atoms with E-state index in [1.54, 1.807) is 0 Å². The third-order valence-electron chi connectivity index (χ3n) is 6.79. The van der Waals surface area contributed by atoms with Crippen molar-refractivity contribution in [3.05, 3.63) is 72.4 Å². The van der Waals surface area contributed by atoms with Gasteiger partial charge in [-0.15, -0.1) is 0 Å². The third-order valence-corrected chi connectivity index (χ3v) is 6.79. The molecule has 144 valence electrons. The zero-order valence-corrected chi connectivity index (χ0v) is 16.4. The molecule has 1 aromatic heterocycles. The second-order valence-electron chi connectivity index (χ2n) is 8.34. The number of pyridine rings is 1. The number of piperazine rings is 1. The first kappa shape index (κ1) is 17.7. The highest BCUT2D eigenvalue weighted by molar-refractivity contribution is 5.92. The van der Waals surface area contributed by atoms with E-state index in [9.17, 15) is 0 Å². The van der Waals surface area contributed by atoms with Crippen LogP contribution in [0, 0.1) is 5.92 Å². The normalized spacial score (nSPS) is 25.7. The van der Waals surface area contributed by atoms with Gasteiger partial charge in [-0.1, -0.05) is 54.6 Å². The maximum absolute atomic E-state index is 4.84. The van der Waals surface area contributed by atoms with Gasteiger partial charge in [-0.2, -0.15) is 0 Å². The monoisotopic (exact) mass is 371 g/mol. The van der Waals surface area contributed by atoms with Crippen molar-refractivity contribution in [1.29, 1.82) is 0 Å². The van der Waals surface area contributed by atoms with Crippen LogP contribution in [0.25, 0.3) is 10.8 Å². The summed E-state index contributed by atoms with van der Waals surface area (Å²) in [5.41, 5.74) is 1.52. The maximum atomic E-state index is 4.84. The Morgan fingerprint density at radius 2 is 1.64 bits per heavy atom. The Balaban J connectivity index is 1.37. The molecule has 2 fully saturated rings. The fourth-order valence-electron chi connectivity index (χ4n) is 5.30. The number of nitrogens with zero attached hydrogens (tertiary/aromatic N) is 2. The van der Waals surface area contributed by atoms with E-state index in [0.29, 0.717) is 6.04 Å². The SMILES string of the molecule is c1ccc(C2CCC(C3CNCCN3c3nccc4ccccc34)CC2)cc1. The second-order valence-corrected chi connectivity index (χ2v) is 8.34. The van der Waals surface area contributed by atoms with Gasteiger partial charge in [0.25, 0.3) is 0 Å². The molecule has 5 rings (SSSR count). The molecule has 1 aliphatic heterocycles. The molecule has 1 unspecified atom stereocenters. The van der Waals surface area contributed by atoms with Crippen molar-refractivity contribution in [1.82, 2.24) is 10.3 Å². The fourth-order valence-corrected chi connectivity index (χ4v) is 5.30. The average Bonchev–Trinajstić information content (AvgIpc) is 2.79. The lowest BCUT2D eigenvalue weighted by atomic mass is 9.75. The molecule has 0 radical (unpaired) electrons. The van der Waals surface area contributed by atoms with Crippen LogP contribution in [0.3, 0.4) is 0 Å². The molecule has 2 heterocycles. The van der Waals surface area contributed by atoms with Gasteiger partial charge in [0.2, 0.25) is 0 Å². The summed E-state index contributed by atoms with van der Waals surface area (Å²) in [5.74, 6) is 2.65. The van der Waals surface area contributed by atoms with E-state index in [1.165, 1.54) is 47.8 Å². The predicted octanol–water partition coefficient (Wildman–Crippen LogP) is 4.99. The minimum atomic E-state index is 0.545. The van der Waals surface area contributed by atoms with Crippen LogP contribution in [0.2, 0.25) is 0 Å². The number of fused-ring (bicyclic) bond motifs is 1. The van der Waals surface area contributed by atoms with Gasteiger partial charge in [-0.3, -0.25) is 0 Å². The Bertz CT molecular complexity index is 910. The van der Waals surface area contributed by atoms with Crippen LogP contribution in [-0.2, 0) is 0 Å². The van der Waals surface area contributed by atoms with Gasteiger partial charge in [0, 0.05) is 37.3 Å². The Labute approximate surface area is 167 Å². The van der Waals surface area contributed by atoms with Gasteiger partial charge >= 0.3 is 0 Å². The van der Waals surface area contributed by atoms with Gasteiger partial charge < -0.3 is 10.2 Å². The van der Waals surface area contributed by atoms with Crippen LogP contribution in [-0.4, -0.2) is 30.7 Å². The number of hydrogen-bond donors (Lipinski definition) is 1. The highest BCUT2D eigenvalue weighted by Crippen LogP contribution is 2.39. The van der Waals surface area contributed by atoms with Crippen LogP contribution < -0.4 is 10.2 Å². The molecule has 2 aliphatic rings. The fraction of sp³-hybridized carbons (Fsp3) is 0.400. The van der Waals surface area contributed by atoms with Crippen molar-refractivity contribution in [3.63, 3.8) is 0 Å². The number of aromatic nitrogens is 1. The molecule has 2 aromatic carbocycles. The highest BCUT2D eigenvalue weighted by atomic mass is 15.3. The molecule has 1 aliphatic carbocycles. The zero-order chi connectivity index (χ0) is 18.8. The summed E-state index contributed by atoms with van der Waals surface area (Å²) in [6.45, 7) is 3.16. The number of benzene rings is 2. The summed E-state index contributed by atoms with van der Waals surface area (Å²) in [6, 6.07) is 22.4. The minimum absolute atomic E-state index is 0.545. The average molecular weight is 372 g/mol. The molecule has 0 spiro atoms. The van der Waals surface area contributed by atoms with Crippen molar-refractivity contribution in [2.75, 3.05) is 24.5 Å². The standard InChI is InChI=1S/C25H29N3/c1-2-6-19(7-3-1)20-10-12-22(13-11-20)24-18-26-16-17-28(24)25-23-9-5-4-8-21(23)14-15-27-25/h1-9,14-15,20,22,24,26H,10-13,16-18H2. The van der Waals surface area contributed by atoms with Crippen molar-refractivity contribution in [2.45, 2.75) is 37.6 Å². The molecular formula is C25H29N3. The minimum Gasteiger partial charge on any atom is -0.350 e. The molecule has 0 amide bonds.